The maximum absolute atomic E-state index is 12.9. The number of alkyl halides is 3. The first-order chi connectivity index (χ1) is 13.7. The van der Waals surface area contributed by atoms with Crippen LogP contribution < -0.4 is 4.90 Å². The number of β-amino-alcohol motifs (C(OH)–C–C–N with tert-alkyl or cyclic N) is 1. The zero-order valence-corrected chi connectivity index (χ0v) is 15.6. The summed E-state index contributed by atoms with van der Waals surface area (Å²) in [5, 5.41) is 29.7. The van der Waals surface area contributed by atoms with E-state index in [-0.39, 0.29) is 11.3 Å². The van der Waals surface area contributed by atoms with Gasteiger partial charge in [-0.25, -0.2) is 0 Å². The summed E-state index contributed by atoms with van der Waals surface area (Å²) >= 11 is 0. The molecule has 0 bridgehead atoms. The molecule has 1 aliphatic rings. The lowest BCUT2D eigenvalue weighted by Gasteiger charge is -2.22. The summed E-state index contributed by atoms with van der Waals surface area (Å²) < 4.78 is 38.7. The number of benzene rings is 1. The van der Waals surface area contributed by atoms with Crippen molar-refractivity contribution in [2.75, 3.05) is 18.0 Å². The monoisotopic (exact) mass is 404 g/mol. The number of hydrogen-bond acceptors (Lipinski definition) is 6. The lowest BCUT2D eigenvalue weighted by atomic mass is 10.0. The van der Waals surface area contributed by atoms with Crippen LogP contribution in [0, 0.1) is 0 Å². The molecular formula is C20H19F3N4O2. The molecular weight excluding hydrogens is 385 g/mol. The second-order valence-electron chi connectivity index (χ2n) is 7.25. The number of nitrogens with zero attached hydrogens (tertiary/aromatic N) is 4. The molecule has 1 aliphatic heterocycles. The van der Waals surface area contributed by atoms with E-state index in [4.69, 9.17) is 0 Å². The summed E-state index contributed by atoms with van der Waals surface area (Å²) in [6.07, 6.45) is -1.76. The van der Waals surface area contributed by atoms with Crippen LogP contribution in [-0.4, -0.2) is 44.1 Å². The fourth-order valence-corrected chi connectivity index (χ4v) is 3.62. The third-order valence-electron chi connectivity index (χ3n) is 5.39. The van der Waals surface area contributed by atoms with E-state index in [1.165, 1.54) is 6.07 Å². The van der Waals surface area contributed by atoms with E-state index in [0.717, 1.165) is 6.07 Å². The summed E-state index contributed by atoms with van der Waals surface area (Å²) in [5.41, 5.74) is -0.846. The van der Waals surface area contributed by atoms with Crippen molar-refractivity contribution >= 4 is 16.7 Å². The summed E-state index contributed by atoms with van der Waals surface area (Å²) in [4.78, 5) is 6.29. The summed E-state index contributed by atoms with van der Waals surface area (Å²) in [7, 11) is 0. The maximum atomic E-state index is 12.9. The third-order valence-corrected chi connectivity index (χ3v) is 5.39. The highest BCUT2D eigenvalue weighted by Gasteiger charge is 2.36. The highest BCUT2D eigenvalue weighted by Crippen LogP contribution is 2.39. The molecule has 2 aromatic heterocycles. The summed E-state index contributed by atoms with van der Waals surface area (Å²) in [5.74, 6) is -0.0336. The molecule has 3 heterocycles. The van der Waals surface area contributed by atoms with Gasteiger partial charge in [-0.1, -0.05) is 6.92 Å². The Morgan fingerprint density at radius 1 is 1.21 bits per heavy atom. The van der Waals surface area contributed by atoms with E-state index < -0.39 is 23.1 Å². The number of aromatic hydroxyl groups is 1. The van der Waals surface area contributed by atoms with E-state index in [1.807, 2.05) is 11.8 Å². The van der Waals surface area contributed by atoms with Crippen molar-refractivity contribution in [3.8, 4) is 17.0 Å². The molecule has 1 saturated heterocycles. The lowest BCUT2D eigenvalue weighted by Crippen LogP contribution is -2.32. The lowest BCUT2D eigenvalue weighted by molar-refractivity contribution is -0.137. The molecule has 1 atom stereocenters. The van der Waals surface area contributed by atoms with E-state index in [2.05, 4.69) is 15.2 Å². The van der Waals surface area contributed by atoms with E-state index in [9.17, 15) is 23.4 Å². The highest BCUT2D eigenvalue weighted by atomic mass is 19.4. The summed E-state index contributed by atoms with van der Waals surface area (Å²) in [6, 6.07) is 6.17. The van der Waals surface area contributed by atoms with Gasteiger partial charge in [0.1, 0.15) is 17.0 Å². The molecule has 1 fully saturated rings. The van der Waals surface area contributed by atoms with Gasteiger partial charge in [0, 0.05) is 30.2 Å². The van der Waals surface area contributed by atoms with E-state index in [0.29, 0.717) is 48.7 Å². The minimum Gasteiger partial charge on any atom is -0.507 e. The molecule has 4 rings (SSSR count). The van der Waals surface area contributed by atoms with Crippen molar-refractivity contribution in [2.45, 2.75) is 31.5 Å². The third kappa shape index (κ3) is 3.46. The smallest absolute Gasteiger partial charge is 0.416 e. The van der Waals surface area contributed by atoms with Crippen LogP contribution >= 0.6 is 0 Å². The highest BCUT2D eigenvalue weighted by molar-refractivity contribution is 5.98. The second kappa shape index (κ2) is 6.84. The molecule has 9 heteroatoms. The molecule has 0 saturated carbocycles. The van der Waals surface area contributed by atoms with Crippen molar-refractivity contribution in [2.24, 2.45) is 0 Å². The zero-order valence-electron chi connectivity index (χ0n) is 15.6. The Morgan fingerprint density at radius 2 is 2.00 bits per heavy atom. The normalized spacial score (nSPS) is 19.8. The standard InChI is InChI=1S/C20H19F3N4O2/c1-2-19(29)7-9-27(11-19)18-17-14(4-3-8-24-17)16(25-26-18)13-6-5-12(10-15(13)28)20(21,22)23/h3-6,8,10,28-29H,2,7,9,11H2,1H3/t19-/m1/s1. The molecule has 6 nitrogen and oxygen atoms in total. The van der Waals surface area contributed by atoms with Crippen LogP contribution in [0.4, 0.5) is 19.0 Å². The number of aliphatic hydroxyl groups is 1. The van der Waals surface area contributed by atoms with Gasteiger partial charge in [0.15, 0.2) is 5.82 Å². The van der Waals surface area contributed by atoms with Crippen LogP contribution in [-0.2, 0) is 6.18 Å². The number of pyridine rings is 1. The van der Waals surface area contributed by atoms with Gasteiger partial charge in [-0.3, -0.25) is 4.98 Å². The van der Waals surface area contributed by atoms with Gasteiger partial charge in [0.05, 0.1) is 11.2 Å². The van der Waals surface area contributed by atoms with E-state index in [1.54, 1.807) is 18.3 Å². The quantitative estimate of drug-likeness (QED) is 0.692. The number of phenolic OH excluding ortho intramolecular Hbond substituents is 1. The van der Waals surface area contributed by atoms with Gasteiger partial charge in [0.25, 0.3) is 0 Å². The number of fused-ring (bicyclic) bond motifs is 1. The van der Waals surface area contributed by atoms with Crippen LogP contribution in [0.2, 0.25) is 0 Å². The average Bonchev–Trinajstić information content (AvgIpc) is 3.09. The summed E-state index contributed by atoms with van der Waals surface area (Å²) in [6.45, 7) is 2.91. The molecule has 152 valence electrons. The minimum atomic E-state index is -4.55. The Kier molecular flexibility index (Phi) is 4.57. The Hall–Kier alpha value is -2.94. The number of aromatic nitrogens is 3. The Balaban J connectivity index is 1.81. The fourth-order valence-electron chi connectivity index (χ4n) is 3.62. The molecule has 2 N–H and O–H groups in total. The first-order valence-corrected chi connectivity index (χ1v) is 9.21. The predicted octanol–water partition coefficient (Wildman–Crippen LogP) is 3.77. The Bertz CT molecular complexity index is 1070. The van der Waals surface area contributed by atoms with Gasteiger partial charge in [-0.15, -0.1) is 10.2 Å². The topological polar surface area (TPSA) is 82.4 Å². The van der Waals surface area contributed by atoms with Crippen LogP contribution in [0.1, 0.15) is 25.3 Å². The molecule has 3 aromatic rings. The van der Waals surface area contributed by atoms with Crippen LogP contribution in [0.3, 0.4) is 0 Å². The van der Waals surface area contributed by atoms with Crippen LogP contribution in [0.25, 0.3) is 22.2 Å². The van der Waals surface area contributed by atoms with Crippen molar-refractivity contribution in [1.82, 2.24) is 15.2 Å². The second-order valence-corrected chi connectivity index (χ2v) is 7.25. The molecule has 0 radical (unpaired) electrons. The fraction of sp³-hybridized carbons (Fsp3) is 0.350. The Labute approximate surface area is 164 Å². The first-order valence-electron chi connectivity index (χ1n) is 9.21. The predicted molar refractivity (Wildman–Crippen MR) is 102 cm³/mol. The Morgan fingerprint density at radius 3 is 2.66 bits per heavy atom. The van der Waals surface area contributed by atoms with Crippen LogP contribution in [0.15, 0.2) is 36.5 Å². The molecule has 0 unspecified atom stereocenters. The molecule has 1 aromatic carbocycles. The van der Waals surface area contributed by atoms with Crippen molar-refractivity contribution < 1.29 is 23.4 Å². The maximum Gasteiger partial charge on any atom is 0.416 e. The van der Waals surface area contributed by atoms with Crippen molar-refractivity contribution in [1.29, 1.82) is 0 Å². The number of phenols is 1. The zero-order chi connectivity index (χ0) is 20.8. The minimum absolute atomic E-state index is 0.140. The number of hydrogen-bond donors (Lipinski definition) is 2. The molecule has 29 heavy (non-hydrogen) atoms. The average molecular weight is 404 g/mol. The van der Waals surface area contributed by atoms with Crippen LogP contribution in [0.5, 0.6) is 5.75 Å². The van der Waals surface area contributed by atoms with Crippen molar-refractivity contribution in [3.63, 3.8) is 0 Å². The first kappa shape index (κ1) is 19.4. The van der Waals surface area contributed by atoms with E-state index >= 15 is 0 Å². The number of rotatable bonds is 3. The number of halogens is 3. The van der Waals surface area contributed by atoms with Gasteiger partial charge in [-0.2, -0.15) is 13.2 Å². The SMILES string of the molecule is CC[C@@]1(O)CCN(c2nnc(-c3ccc(C(F)(F)F)cc3O)c3cccnc23)C1. The molecule has 0 aliphatic carbocycles. The van der Waals surface area contributed by atoms with Crippen molar-refractivity contribution in [3.05, 3.63) is 42.1 Å². The largest absolute Gasteiger partial charge is 0.507 e. The molecule has 0 amide bonds. The number of anilines is 1. The van der Waals surface area contributed by atoms with Gasteiger partial charge in [0.2, 0.25) is 0 Å². The molecule has 0 spiro atoms. The van der Waals surface area contributed by atoms with Gasteiger partial charge >= 0.3 is 6.18 Å². The van der Waals surface area contributed by atoms with Gasteiger partial charge in [-0.05, 0) is 43.2 Å². The van der Waals surface area contributed by atoms with Gasteiger partial charge < -0.3 is 15.1 Å².